The van der Waals surface area contributed by atoms with E-state index in [0.29, 0.717) is 5.54 Å². The quantitative estimate of drug-likeness (QED) is 0.522. The summed E-state index contributed by atoms with van der Waals surface area (Å²) in [6, 6.07) is 0. The number of rotatable bonds is 0. The molecule has 0 aromatic heterocycles. The molecule has 1 aliphatic heterocycles. The summed E-state index contributed by atoms with van der Waals surface area (Å²) in [4.78, 5) is 2.58. The Balaban J connectivity index is 0.000001000. The second-order valence-corrected chi connectivity index (χ2v) is 4.22. The van der Waals surface area contributed by atoms with Crippen LogP contribution in [-0.2, 0) is 0 Å². The van der Waals surface area contributed by atoms with Gasteiger partial charge in [-0.2, -0.15) is 0 Å². The standard InChI is InChI=1S/C9H19N.CH4/c1-9(2,3)10-7-5-4-6-8-10;/h4-8H2,1-3H3;1H4. The second kappa shape index (κ2) is 4.10. The van der Waals surface area contributed by atoms with E-state index < -0.39 is 0 Å². The topological polar surface area (TPSA) is 3.24 Å². The van der Waals surface area contributed by atoms with Crippen LogP contribution < -0.4 is 0 Å². The van der Waals surface area contributed by atoms with Gasteiger partial charge in [0, 0.05) is 5.54 Å². The van der Waals surface area contributed by atoms with Crippen molar-refractivity contribution in [3.63, 3.8) is 0 Å². The highest BCUT2D eigenvalue weighted by Gasteiger charge is 2.21. The van der Waals surface area contributed by atoms with E-state index >= 15 is 0 Å². The molecule has 0 unspecified atom stereocenters. The number of piperidine rings is 1. The monoisotopic (exact) mass is 157 g/mol. The van der Waals surface area contributed by atoms with Gasteiger partial charge in [-0.05, 0) is 46.7 Å². The summed E-state index contributed by atoms with van der Waals surface area (Å²) in [6.45, 7) is 9.53. The van der Waals surface area contributed by atoms with Gasteiger partial charge in [-0.1, -0.05) is 13.8 Å². The fourth-order valence-electron chi connectivity index (χ4n) is 1.56. The molecule has 0 spiro atoms. The molecule has 1 heterocycles. The number of nitrogens with zero attached hydrogens (tertiary/aromatic N) is 1. The largest absolute Gasteiger partial charge is 0.298 e. The maximum absolute atomic E-state index is 2.58. The van der Waals surface area contributed by atoms with Crippen LogP contribution in [0.5, 0.6) is 0 Å². The number of hydrogen-bond donors (Lipinski definition) is 0. The molecular formula is C10H23N. The summed E-state index contributed by atoms with van der Waals surface area (Å²) in [5.74, 6) is 0. The molecule has 1 rings (SSSR count). The summed E-state index contributed by atoms with van der Waals surface area (Å²) in [5, 5.41) is 0. The highest BCUT2D eigenvalue weighted by Crippen LogP contribution is 2.18. The zero-order valence-electron chi connectivity index (χ0n) is 7.48. The number of likely N-dealkylation sites (tertiary alicyclic amines) is 1. The first-order valence-corrected chi connectivity index (χ1v) is 4.36. The van der Waals surface area contributed by atoms with Gasteiger partial charge in [-0.25, -0.2) is 0 Å². The molecule has 0 atom stereocenters. The molecule has 0 bridgehead atoms. The third-order valence-electron chi connectivity index (χ3n) is 2.30. The van der Waals surface area contributed by atoms with Crippen molar-refractivity contribution in [2.75, 3.05) is 13.1 Å². The molecule has 1 nitrogen and oxygen atoms in total. The van der Waals surface area contributed by atoms with E-state index in [1.807, 2.05) is 0 Å². The van der Waals surface area contributed by atoms with Gasteiger partial charge in [0.15, 0.2) is 0 Å². The van der Waals surface area contributed by atoms with E-state index in [0.717, 1.165) is 0 Å². The maximum atomic E-state index is 2.58. The molecule has 0 aromatic carbocycles. The minimum atomic E-state index is 0. The van der Waals surface area contributed by atoms with Gasteiger partial charge in [0.25, 0.3) is 0 Å². The lowest BCUT2D eigenvalue weighted by atomic mass is 10.0. The highest BCUT2D eigenvalue weighted by atomic mass is 15.2. The summed E-state index contributed by atoms with van der Waals surface area (Å²) >= 11 is 0. The average Bonchev–Trinajstić information content (AvgIpc) is 1.88. The van der Waals surface area contributed by atoms with Gasteiger partial charge in [0.1, 0.15) is 0 Å². The molecule has 0 N–H and O–H groups in total. The van der Waals surface area contributed by atoms with Crippen molar-refractivity contribution in [1.29, 1.82) is 0 Å². The van der Waals surface area contributed by atoms with Gasteiger partial charge >= 0.3 is 0 Å². The zero-order chi connectivity index (χ0) is 7.61. The normalized spacial score (nSPS) is 21.0. The third-order valence-corrected chi connectivity index (χ3v) is 2.30. The molecule has 1 heteroatoms. The Morgan fingerprint density at radius 2 is 1.36 bits per heavy atom. The van der Waals surface area contributed by atoms with E-state index in [2.05, 4.69) is 25.7 Å². The van der Waals surface area contributed by atoms with Crippen molar-refractivity contribution in [2.24, 2.45) is 0 Å². The van der Waals surface area contributed by atoms with Crippen LogP contribution in [0.2, 0.25) is 0 Å². The van der Waals surface area contributed by atoms with Crippen LogP contribution in [0.4, 0.5) is 0 Å². The van der Waals surface area contributed by atoms with Crippen LogP contribution >= 0.6 is 0 Å². The Morgan fingerprint density at radius 1 is 0.909 bits per heavy atom. The van der Waals surface area contributed by atoms with Crippen molar-refractivity contribution in [2.45, 2.75) is 53.0 Å². The van der Waals surface area contributed by atoms with Gasteiger partial charge in [0.05, 0.1) is 0 Å². The Labute approximate surface area is 71.8 Å². The van der Waals surface area contributed by atoms with Gasteiger partial charge < -0.3 is 0 Å². The first-order valence-electron chi connectivity index (χ1n) is 4.36. The smallest absolute Gasteiger partial charge is 0.0125 e. The average molecular weight is 157 g/mol. The molecule has 0 saturated carbocycles. The second-order valence-electron chi connectivity index (χ2n) is 4.22. The summed E-state index contributed by atoms with van der Waals surface area (Å²) < 4.78 is 0. The van der Waals surface area contributed by atoms with Crippen LogP contribution in [0.15, 0.2) is 0 Å². The molecular weight excluding hydrogens is 134 g/mol. The van der Waals surface area contributed by atoms with E-state index in [1.165, 1.54) is 32.4 Å². The summed E-state index contributed by atoms with van der Waals surface area (Å²) in [6.07, 6.45) is 4.24. The number of hydrogen-bond acceptors (Lipinski definition) is 1. The lowest BCUT2D eigenvalue weighted by Gasteiger charge is -2.38. The molecule has 0 amide bonds. The Morgan fingerprint density at radius 3 is 1.64 bits per heavy atom. The van der Waals surface area contributed by atoms with Crippen LogP contribution in [0.1, 0.15) is 47.5 Å². The first-order chi connectivity index (χ1) is 4.61. The highest BCUT2D eigenvalue weighted by molar-refractivity contribution is 4.78. The van der Waals surface area contributed by atoms with Gasteiger partial charge in [-0.15, -0.1) is 0 Å². The van der Waals surface area contributed by atoms with Crippen LogP contribution in [0, 0.1) is 0 Å². The van der Waals surface area contributed by atoms with Crippen LogP contribution in [0.3, 0.4) is 0 Å². The van der Waals surface area contributed by atoms with Crippen molar-refractivity contribution < 1.29 is 0 Å². The third kappa shape index (κ3) is 3.24. The van der Waals surface area contributed by atoms with Crippen molar-refractivity contribution >= 4 is 0 Å². The Kier molecular flexibility index (Phi) is 4.09. The van der Waals surface area contributed by atoms with Gasteiger partial charge in [-0.3, -0.25) is 4.90 Å². The van der Waals surface area contributed by atoms with Crippen molar-refractivity contribution in [3.05, 3.63) is 0 Å². The van der Waals surface area contributed by atoms with Gasteiger partial charge in [0.2, 0.25) is 0 Å². The van der Waals surface area contributed by atoms with Crippen molar-refractivity contribution in [1.82, 2.24) is 4.90 Å². The fourth-order valence-corrected chi connectivity index (χ4v) is 1.56. The first kappa shape index (κ1) is 11.0. The van der Waals surface area contributed by atoms with Crippen LogP contribution in [-0.4, -0.2) is 23.5 Å². The van der Waals surface area contributed by atoms with E-state index in [1.54, 1.807) is 0 Å². The zero-order valence-corrected chi connectivity index (χ0v) is 7.48. The van der Waals surface area contributed by atoms with E-state index in [4.69, 9.17) is 0 Å². The Hall–Kier alpha value is -0.0400. The van der Waals surface area contributed by atoms with Crippen molar-refractivity contribution in [3.8, 4) is 0 Å². The fraction of sp³-hybridized carbons (Fsp3) is 1.00. The van der Waals surface area contributed by atoms with Crippen LogP contribution in [0.25, 0.3) is 0 Å². The molecule has 0 radical (unpaired) electrons. The lowest BCUT2D eigenvalue weighted by Crippen LogP contribution is -2.44. The van der Waals surface area contributed by atoms with E-state index in [9.17, 15) is 0 Å². The molecule has 1 fully saturated rings. The summed E-state index contributed by atoms with van der Waals surface area (Å²) in [5.41, 5.74) is 0.403. The molecule has 1 saturated heterocycles. The summed E-state index contributed by atoms with van der Waals surface area (Å²) in [7, 11) is 0. The lowest BCUT2D eigenvalue weighted by molar-refractivity contribution is 0.111. The minimum absolute atomic E-state index is 0. The predicted octanol–water partition coefficient (Wildman–Crippen LogP) is 2.91. The predicted molar refractivity (Wildman–Crippen MR) is 51.9 cm³/mol. The Bertz CT molecular complexity index is 95.9. The SMILES string of the molecule is C.CC(C)(C)N1CCCCC1. The molecule has 11 heavy (non-hydrogen) atoms. The molecule has 68 valence electrons. The molecule has 0 aromatic rings. The molecule has 1 aliphatic rings. The molecule has 0 aliphatic carbocycles. The minimum Gasteiger partial charge on any atom is -0.298 e. The maximum Gasteiger partial charge on any atom is 0.0125 e. The van der Waals surface area contributed by atoms with E-state index in [-0.39, 0.29) is 7.43 Å².